The van der Waals surface area contributed by atoms with Crippen molar-refractivity contribution >= 4 is 34.8 Å². The Labute approximate surface area is 157 Å². The summed E-state index contributed by atoms with van der Waals surface area (Å²) in [7, 11) is 5.32. The fourth-order valence-corrected chi connectivity index (χ4v) is 2.38. The summed E-state index contributed by atoms with van der Waals surface area (Å²) >= 11 is 0. The number of methoxy groups -OCH3 is 1. The van der Waals surface area contributed by atoms with E-state index >= 15 is 0 Å². The fraction of sp³-hybridized carbons (Fsp3) is 0.158. The van der Waals surface area contributed by atoms with Crippen LogP contribution < -0.4 is 15.5 Å². The normalized spacial score (nSPS) is 10.2. The van der Waals surface area contributed by atoms with E-state index in [4.69, 9.17) is 4.74 Å². The van der Waals surface area contributed by atoms with E-state index in [0.29, 0.717) is 23.0 Å². The van der Waals surface area contributed by atoms with Crippen LogP contribution in [-0.4, -0.2) is 42.4 Å². The van der Waals surface area contributed by atoms with Crippen LogP contribution in [0.25, 0.3) is 0 Å². The van der Waals surface area contributed by atoms with Gasteiger partial charge in [-0.2, -0.15) is 10.1 Å². The van der Waals surface area contributed by atoms with Crippen molar-refractivity contribution in [3.8, 4) is 0 Å². The quantitative estimate of drug-likeness (QED) is 0.644. The molecule has 0 aliphatic heterocycles. The Morgan fingerprint density at radius 1 is 1.04 bits per heavy atom. The molecule has 0 bridgehead atoms. The summed E-state index contributed by atoms with van der Waals surface area (Å²) < 4.78 is 4.73. The summed E-state index contributed by atoms with van der Waals surface area (Å²) in [6.45, 7) is 0. The number of esters is 1. The van der Waals surface area contributed by atoms with Gasteiger partial charge in [-0.05, 0) is 42.5 Å². The van der Waals surface area contributed by atoms with Gasteiger partial charge in [-0.3, -0.25) is 0 Å². The summed E-state index contributed by atoms with van der Waals surface area (Å²) in [6.07, 6.45) is 1.51. The predicted octanol–water partition coefficient (Wildman–Crippen LogP) is 3.21. The molecule has 138 valence electrons. The van der Waals surface area contributed by atoms with Gasteiger partial charge in [0.1, 0.15) is 0 Å². The molecule has 0 unspecified atom stereocenters. The number of carbonyl (C=O) groups is 1. The largest absolute Gasteiger partial charge is 0.465 e. The molecule has 8 nitrogen and oxygen atoms in total. The second kappa shape index (κ2) is 8.13. The molecule has 0 saturated carbocycles. The Kier molecular flexibility index (Phi) is 5.46. The first-order valence-corrected chi connectivity index (χ1v) is 8.24. The lowest BCUT2D eigenvalue weighted by atomic mass is 10.2. The summed E-state index contributed by atoms with van der Waals surface area (Å²) in [5.41, 5.74) is 3.09. The molecule has 2 N–H and O–H groups in total. The molecule has 3 rings (SSSR count). The number of nitrogens with zero attached hydrogens (tertiary/aromatic N) is 4. The second-order valence-electron chi connectivity index (χ2n) is 5.93. The number of anilines is 5. The van der Waals surface area contributed by atoms with Gasteiger partial charge in [0.2, 0.25) is 5.95 Å². The van der Waals surface area contributed by atoms with Crippen molar-refractivity contribution in [3.63, 3.8) is 0 Å². The van der Waals surface area contributed by atoms with Crippen LogP contribution in [0.2, 0.25) is 0 Å². The number of nitrogens with one attached hydrogen (secondary N) is 2. The van der Waals surface area contributed by atoms with Crippen LogP contribution in [0.1, 0.15) is 10.4 Å². The van der Waals surface area contributed by atoms with Gasteiger partial charge >= 0.3 is 5.97 Å². The molecule has 3 aromatic rings. The highest BCUT2D eigenvalue weighted by Gasteiger charge is 2.07. The van der Waals surface area contributed by atoms with E-state index in [0.717, 1.165) is 11.4 Å². The molecule has 0 saturated heterocycles. The van der Waals surface area contributed by atoms with Crippen LogP contribution in [0.3, 0.4) is 0 Å². The molecule has 0 radical (unpaired) electrons. The average molecular weight is 364 g/mol. The Hall–Kier alpha value is -3.68. The third-order valence-electron chi connectivity index (χ3n) is 3.75. The monoisotopic (exact) mass is 364 g/mol. The Morgan fingerprint density at radius 3 is 2.52 bits per heavy atom. The standard InChI is InChI=1S/C19H20N6O2/c1-25(2)16-9-7-14(8-10-16)22-19-23-17(12-20-24-19)21-15-6-4-5-13(11-15)18(26)27-3/h4-12H,1-3H3,(H2,21,22,23,24). The molecule has 0 aliphatic rings. The number of hydrogen-bond acceptors (Lipinski definition) is 8. The zero-order valence-corrected chi connectivity index (χ0v) is 15.3. The van der Waals surface area contributed by atoms with Crippen LogP contribution in [-0.2, 0) is 4.74 Å². The van der Waals surface area contributed by atoms with Crippen LogP contribution in [0, 0.1) is 0 Å². The first kappa shape index (κ1) is 18.1. The number of aromatic nitrogens is 3. The van der Waals surface area contributed by atoms with Crippen molar-refractivity contribution in [1.29, 1.82) is 0 Å². The number of rotatable bonds is 6. The van der Waals surface area contributed by atoms with Crippen molar-refractivity contribution < 1.29 is 9.53 Å². The maximum atomic E-state index is 11.6. The lowest BCUT2D eigenvalue weighted by molar-refractivity contribution is 0.0601. The Morgan fingerprint density at radius 2 is 1.81 bits per heavy atom. The SMILES string of the molecule is COC(=O)c1cccc(Nc2cnnc(Nc3ccc(N(C)C)cc3)n2)c1. The van der Waals surface area contributed by atoms with E-state index in [-0.39, 0.29) is 0 Å². The number of carbonyl (C=O) groups excluding carboxylic acids is 1. The number of hydrogen-bond donors (Lipinski definition) is 2. The van der Waals surface area contributed by atoms with E-state index in [9.17, 15) is 4.79 Å². The minimum atomic E-state index is -0.400. The average Bonchev–Trinajstić information content (AvgIpc) is 2.68. The molecule has 8 heteroatoms. The van der Waals surface area contributed by atoms with Crippen molar-refractivity contribution in [3.05, 3.63) is 60.3 Å². The van der Waals surface area contributed by atoms with Crippen LogP contribution in [0.15, 0.2) is 54.7 Å². The molecule has 0 atom stereocenters. The lowest BCUT2D eigenvalue weighted by Gasteiger charge is -2.13. The predicted molar refractivity (Wildman–Crippen MR) is 105 cm³/mol. The molecule has 0 fully saturated rings. The van der Waals surface area contributed by atoms with Crippen LogP contribution >= 0.6 is 0 Å². The third kappa shape index (κ3) is 4.69. The summed E-state index contributed by atoms with van der Waals surface area (Å²) in [6, 6.07) is 14.8. The molecule has 0 spiro atoms. The molecular weight excluding hydrogens is 344 g/mol. The summed E-state index contributed by atoms with van der Waals surface area (Å²) in [5, 5.41) is 14.2. The Balaban J connectivity index is 1.73. The van der Waals surface area contributed by atoms with Crippen LogP contribution in [0.5, 0.6) is 0 Å². The van der Waals surface area contributed by atoms with Crippen molar-refractivity contribution in [2.45, 2.75) is 0 Å². The van der Waals surface area contributed by atoms with Crippen molar-refractivity contribution in [2.75, 3.05) is 36.7 Å². The first-order chi connectivity index (χ1) is 13.0. The zero-order chi connectivity index (χ0) is 19.2. The van der Waals surface area contributed by atoms with Gasteiger partial charge < -0.3 is 20.3 Å². The van der Waals surface area contributed by atoms with Gasteiger partial charge in [-0.15, -0.1) is 5.10 Å². The lowest BCUT2D eigenvalue weighted by Crippen LogP contribution is -2.08. The van der Waals surface area contributed by atoms with E-state index in [1.54, 1.807) is 18.2 Å². The second-order valence-corrected chi connectivity index (χ2v) is 5.93. The highest BCUT2D eigenvalue weighted by atomic mass is 16.5. The van der Waals surface area contributed by atoms with E-state index in [2.05, 4.69) is 25.8 Å². The van der Waals surface area contributed by atoms with E-state index < -0.39 is 5.97 Å². The molecule has 1 heterocycles. The smallest absolute Gasteiger partial charge is 0.337 e. The molecule has 2 aromatic carbocycles. The molecule has 0 amide bonds. The summed E-state index contributed by atoms with van der Waals surface area (Å²) in [5.74, 6) is 0.462. The summed E-state index contributed by atoms with van der Waals surface area (Å²) in [4.78, 5) is 18.1. The highest BCUT2D eigenvalue weighted by Crippen LogP contribution is 2.20. The van der Waals surface area contributed by atoms with Gasteiger partial charge in [0.05, 0.1) is 18.9 Å². The number of benzene rings is 2. The Bertz CT molecular complexity index is 927. The van der Waals surface area contributed by atoms with Gasteiger partial charge in [0, 0.05) is 31.2 Å². The van der Waals surface area contributed by atoms with Gasteiger partial charge in [-0.25, -0.2) is 4.79 Å². The highest BCUT2D eigenvalue weighted by molar-refractivity contribution is 5.90. The van der Waals surface area contributed by atoms with Crippen molar-refractivity contribution in [1.82, 2.24) is 15.2 Å². The fourth-order valence-electron chi connectivity index (χ4n) is 2.38. The van der Waals surface area contributed by atoms with E-state index in [1.165, 1.54) is 13.3 Å². The molecule has 0 aliphatic carbocycles. The van der Waals surface area contributed by atoms with Gasteiger partial charge in [0.15, 0.2) is 5.82 Å². The maximum Gasteiger partial charge on any atom is 0.337 e. The molecule has 1 aromatic heterocycles. The van der Waals surface area contributed by atoms with Gasteiger partial charge in [-0.1, -0.05) is 6.07 Å². The zero-order valence-electron chi connectivity index (χ0n) is 15.3. The maximum absolute atomic E-state index is 11.6. The molecule has 27 heavy (non-hydrogen) atoms. The molecular formula is C19H20N6O2. The van der Waals surface area contributed by atoms with Gasteiger partial charge in [0.25, 0.3) is 0 Å². The third-order valence-corrected chi connectivity index (χ3v) is 3.75. The first-order valence-electron chi connectivity index (χ1n) is 8.24. The van der Waals surface area contributed by atoms with E-state index in [1.807, 2.05) is 49.3 Å². The van der Waals surface area contributed by atoms with Crippen molar-refractivity contribution in [2.24, 2.45) is 0 Å². The minimum Gasteiger partial charge on any atom is -0.465 e. The topological polar surface area (TPSA) is 92.3 Å². The number of ether oxygens (including phenoxy) is 1. The van der Waals surface area contributed by atoms with Crippen LogP contribution in [0.4, 0.5) is 28.8 Å². The minimum absolute atomic E-state index is 0.363.